The third-order valence-corrected chi connectivity index (χ3v) is 3.92. The van der Waals surface area contributed by atoms with E-state index in [1.807, 2.05) is 0 Å². The first-order valence-corrected chi connectivity index (χ1v) is 7.76. The second kappa shape index (κ2) is 7.35. The van der Waals surface area contributed by atoms with Crippen molar-refractivity contribution >= 4 is 11.7 Å². The van der Waals surface area contributed by atoms with E-state index in [4.69, 9.17) is 4.42 Å². The summed E-state index contributed by atoms with van der Waals surface area (Å²) in [6, 6.07) is 7.15. The van der Waals surface area contributed by atoms with E-state index in [0.717, 1.165) is 0 Å². The smallest absolute Gasteiger partial charge is 0.315 e. The monoisotopic (exact) mass is 347 g/mol. The van der Waals surface area contributed by atoms with Crippen molar-refractivity contribution in [1.29, 1.82) is 0 Å². The Bertz CT molecular complexity index is 756. The molecule has 0 fully saturated rings. The van der Waals surface area contributed by atoms with Gasteiger partial charge in [0.1, 0.15) is 11.4 Å². The number of nitro groups is 1. The molecule has 2 atom stereocenters. The molecule has 0 aliphatic carbocycles. The van der Waals surface area contributed by atoms with Gasteiger partial charge < -0.3 is 20.2 Å². The fourth-order valence-electron chi connectivity index (χ4n) is 2.35. The lowest BCUT2D eigenvalue weighted by Gasteiger charge is -2.22. The molecule has 0 radical (unpaired) electrons. The maximum atomic E-state index is 12.0. The number of benzene rings is 1. The van der Waals surface area contributed by atoms with Gasteiger partial charge in [0.2, 0.25) is 0 Å². The molecular weight excluding hydrogens is 326 g/mol. The summed E-state index contributed by atoms with van der Waals surface area (Å²) in [7, 11) is 0. The van der Waals surface area contributed by atoms with Crippen LogP contribution in [0.5, 0.6) is 0 Å². The molecule has 134 valence electrons. The topological polar surface area (TPSA) is 118 Å². The summed E-state index contributed by atoms with van der Waals surface area (Å²) in [6.07, 6.45) is 1.44. The molecule has 1 aromatic carbocycles. The number of hydrogen-bond donors (Lipinski definition) is 3. The van der Waals surface area contributed by atoms with Gasteiger partial charge >= 0.3 is 6.03 Å². The van der Waals surface area contributed by atoms with Gasteiger partial charge in [-0.05, 0) is 38.5 Å². The van der Waals surface area contributed by atoms with E-state index in [1.54, 1.807) is 38.1 Å². The minimum atomic E-state index is -1.34. The quantitative estimate of drug-likeness (QED) is 0.548. The van der Waals surface area contributed by atoms with Crippen LogP contribution < -0.4 is 10.6 Å². The first kappa shape index (κ1) is 18.5. The van der Waals surface area contributed by atoms with Crippen LogP contribution in [0.4, 0.5) is 10.5 Å². The van der Waals surface area contributed by atoms with Gasteiger partial charge in [-0.1, -0.05) is 12.1 Å². The number of nitrogens with one attached hydrogen (secondary N) is 2. The number of furan rings is 1. The fourth-order valence-corrected chi connectivity index (χ4v) is 2.35. The van der Waals surface area contributed by atoms with Crippen molar-refractivity contribution in [2.24, 2.45) is 0 Å². The van der Waals surface area contributed by atoms with Crippen molar-refractivity contribution in [3.05, 3.63) is 63.6 Å². The van der Waals surface area contributed by atoms with Crippen LogP contribution in [-0.2, 0) is 5.60 Å². The average molecular weight is 347 g/mol. The number of carbonyl (C=O) groups is 1. The molecule has 0 saturated heterocycles. The van der Waals surface area contributed by atoms with Crippen molar-refractivity contribution in [2.45, 2.75) is 32.4 Å². The lowest BCUT2D eigenvalue weighted by Crippen LogP contribution is -2.44. The molecule has 0 bridgehead atoms. The Labute approximate surface area is 145 Å². The highest BCUT2D eigenvalue weighted by atomic mass is 16.6. The van der Waals surface area contributed by atoms with E-state index in [2.05, 4.69) is 10.6 Å². The van der Waals surface area contributed by atoms with Gasteiger partial charge in [0.15, 0.2) is 0 Å². The van der Waals surface area contributed by atoms with Crippen molar-refractivity contribution in [1.82, 2.24) is 10.6 Å². The number of aryl methyl sites for hydroxylation is 1. The molecule has 2 rings (SSSR count). The van der Waals surface area contributed by atoms with E-state index in [0.29, 0.717) is 16.9 Å². The minimum absolute atomic E-state index is 0.00677. The zero-order chi connectivity index (χ0) is 18.6. The van der Waals surface area contributed by atoms with Crippen molar-refractivity contribution in [3.8, 4) is 0 Å². The Morgan fingerprint density at radius 2 is 2.16 bits per heavy atom. The van der Waals surface area contributed by atoms with Crippen molar-refractivity contribution in [2.75, 3.05) is 6.54 Å². The maximum absolute atomic E-state index is 12.0. The number of carbonyl (C=O) groups excluding carboxylic acids is 1. The summed E-state index contributed by atoms with van der Waals surface area (Å²) in [5.41, 5.74) is -0.162. The third kappa shape index (κ3) is 4.57. The Hall–Kier alpha value is -2.87. The van der Waals surface area contributed by atoms with Gasteiger partial charge in [0, 0.05) is 11.6 Å². The molecule has 2 unspecified atom stereocenters. The lowest BCUT2D eigenvalue weighted by molar-refractivity contribution is -0.385. The molecule has 2 amide bonds. The minimum Gasteiger partial charge on any atom is -0.466 e. The van der Waals surface area contributed by atoms with E-state index >= 15 is 0 Å². The van der Waals surface area contributed by atoms with Gasteiger partial charge in [-0.2, -0.15) is 0 Å². The molecule has 25 heavy (non-hydrogen) atoms. The molecular formula is C17H21N3O5. The molecule has 8 nitrogen and oxygen atoms in total. The van der Waals surface area contributed by atoms with Gasteiger partial charge in [0.25, 0.3) is 5.69 Å². The SMILES string of the molecule is Cc1ccc(C(C)NC(=O)NCC(C)(O)c2ccco2)cc1[N+](=O)[O-]. The molecule has 1 aromatic heterocycles. The standard InChI is InChI=1S/C17H21N3O5/c1-11-6-7-13(9-14(11)20(23)24)12(2)19-16(21)18-10-17(3,22)15-5-4-8-25-15/h4-9,12,22H,10H2,1-3H3,(H2,18,19,21). The maximum Gasteiger partial charge on any atom is 0.315 e. The van der Waals surface area contributed by atoms with E-state index in [9.17, 15) is 20.0 Å². The Kier molecular flexibility index (Phi) is 5.43. The molecule has 3 N–H and O–H groups in total. The molecule has 0 aliphatic rings. The van der Waals surface area contributed by atoms with E-state index in [-0.39, 0.29) is 12.2 Å². The van der Waals surface area contributed by atoms with Gasteiger partial charge in [0.05, 0.1) is 23.8 Å². The number of rotatable bonds is 6. The summed E-state index contributed by atoms with van der Waals surface area (Å²) in [5.74, 6) is 0.343. The number of urea groups is 1. The lowest BCUT2D eigenvalue weighted by atomic mass is 10.0. The summed E-state index contributed by atoms with van der Waals surface area (Å²) < 4.78 is 5.14. The zero-order valence-electron chi connectivity index (χ0n) is 14.3. The molecule has 1 heterocycles. The number of nitrogens with zero attached hydrogens (tertiary/aromatic N) is 1. The normalized spacial score (nSPS) is 14.4. The zero-order valence-corrected chi connectivity index (χ0v) is 14.3. The predicted octanol–water partition coefficient (Wildman–Crippen LogP) is 2.76. The summed E-state index contributed by atoms with van der Waals surface area (Å²) in [6.45, 7) is 4.86. The largest absolute Gasteiger partial charge is 0.466 e. The number of nitro benzene ring substituents is 1. The van der Waals surface area contributed by atoms with E-state index in [1.165, 1.54) is 19.3 Å². The van der Waals surface area contributed by atoms with Crippen LogP contribution in [0.2, 0.25) is 0 Å². The van der Waals surface area contributed by atoms with Crippen LogP contribution in [0, 0.1) is 17.0 Å². The first-order valence-electron chi connectivity index (χ1n) is 7.76. The third-order valence-electron chi connectivity index (χ3n) is 3.92. The Morgan fingerprint density at radius 1 is 1.44 bits per heavy atom. The fraction of sp³-hybridized carbons (Fsp3) is 0.353. The summed E-state index contributed by atoms with van der Waals surface area (Å²) >= 11 is 0. The summed E-state index contributed by atoms with van der Waals surface area (Å²) in [4.78, 5) is 22.6. The molecule has 2 aromatic rings. The van der Waals surface area contributed by atoms with Gasteiger partial charge in [-0.3, -0.25) is 10.1 Å². The van der Waals surface area contributed by atoms with Crippen LogP contribution in [0.25, 0.3) is 0 Å². The van der Waals surface area contributed by atoms with Crippen LogP contribution in [0.1, 0.15) is 36.8 Å². The first-order chi connectivity index (χ1) is 11.7. The molecule has 8 heteroatoms. The van der Waals surface area contributed by atoms with E-state index < -0.39 is 22.6 Å². The highest BCUT2D eigenvalue weighted by Crippen LogP contribution is 2.23. The molecule has 0 saturated carbocycles. The van der Waals surface area contributed by atoms with Crippen molar-refractivity contribution < 1.29 is 19.2 Å². The van der Waals surface area contributed by atoms with Crippen molar-refractivity contribution in [3.63, 3.8) is 0 Å². The predicted molar refractivity (Wildman–Crippen MR) is 91.1 cm³/mol. The second-order valence-electron chi connectivity index (χ2n) is 6.10. The van der Waals surface area contributed by atoms with Crippen LogP contribution >= 0.6 is 0 Å². The van der Waals surface area contributed by atoms with Crippen LogP contribution in [-0.4, -0.2) is 22.6 Å². The molecule has 0 aliphatic heterocycles. The Morgan fingerprint density at radius 3 is 2.76 bits per heavy atom. The highest BCUT2D eigenvalue weighted by molar-refractivity contribution is 5.74. The number of amides is 2. The highest BCUT2D eigenvalue weighted by Gasteiger charge is 2.27. The average Bonchev–Trinajstić information content (AvgIpc) is 3.08. The second-order valence-corrected chi connectivity index (χ2v) is 6.10. The number of aliphatic hydroxyl groups is 1. The van der Waals surface area contributed by atoms with Gasteiger partial charge in [-0.25, -0.2) is 4.79 Å². The Balaban J connectivity index is 1.96. The van der Waals surface area contributed by atoms with Crippen LogP contribution in [0.15, 0.2) is 41.0 Å². The summed E-state index contributed by atoms with van der Waals surface area (Å²) in [5, 5.41) is 26.6. The van der Waals surface area contributed by atoms with Crippen LogP contribution in [0.3, 0.4) is 0 Å². The molecule has 0 spiro atoms. The number of hydrogen-bond acceptors (Lipinski definition) is 5. The van der Waals surface area contributed by atoms with Gasteiger partial charge in [-0.15, -0.1) is 0 Å².